The van der Waals surface area contributed by atoms with Gasteiger partial charge in [0.15, 0.2) is 0 Å². The van der Waals surface area contributed by atoms with Crippen LogP contribution in [0.2, 0.25) is 0 Å². The Morgan fingerprint density at radius 2 is 2.26 bits per heavy atom. The Balaban J connectivity index is 2.06. The maximum atomic E-state index is 9.33. The van der Waals surface area contributed by atoms with Crippen molar-refractivity contribution in [3.63, 3.8) is 0 Å². The topological polar surface area (TPSA) is 48.9 Å². The number of aliphatic hydroxyl groups excluding tert-OH is 1. The number of allylic oxidation sites excluding steroid dienone is 5. The fourth-order valence-electron chi connectivity index (χ4n) is 2.99. The molecule has 0 fully saturated rings. The molecular formula is C16H14N2O. The van der Waals surface area contributed by atoms with Crippen molar-refractivity contribution in [3.05, 3.63) is 58.8 Å². The van der Waals surface area contributed by atoms with Crippen molar-refractivity contribution in [1.82, 2.24) is 10.2 Å². The van der Waals surface area contributed by atoms with E-state index in [1.807, 2.05) is 12.1 Å². The van der Waals surface area contributed by atoms with Crippen molar-refractivity contribution in [2.45, 2.75) is 18.9 Å². The molecule has 4 rings (SSSR count). The van der Waals surface area contributed by atoms with Gasteiger partial charge >= 0.3 is 0 Å². The second-order valence-electron chi connectivity index (χ2n) is 5.05. The highest BCUT2D eigenvalue weighted by atomic mass is 16.3. The summed E-state index contributed by atoms with van der Waals surface area (Å²) in [5, 5.41) is 18.1. The number of H-pyrrole nitrogens is 1. The number of fused-ring (bicyclic) bond motifs is 2. The molecule has 2 aliphatic carbocycles. The molecule has 1 aromatic heterocycles. The Morgan fingerprint density at radius 3 is 3.16 bits per heavy atom. The van der Waals surface area contributed by atoms with Crippen LogP contribution in [0.4, 0.5) is 0 Å². The number of nitrogens with one attached hydrogen (secondary N) is 1. The highest BCUT2D eigenvalue weighted by Crippen LogP contribution is 2.38. The molecule has 2 aromatic rings. The highest BCUT2D eigenvalue weighted by Gasteiger charge is 2.23. The summed E-state index contributed by atoms with van der Waals surface area (Å²) in [5.74, 6) is 0.274. The van der Waals surface area contributed by atoms with Crippen molar-refractivity contribution >= 4 is 17.0 Å². The first kappa shape index (κ1) is 10.8. The number of hydrogen-bond donors (Lipinski definition) is 2. The molecule has 0 bridgehead atoms. The first-order valence-electron chi connectivity index (χ1n) is 6.53. The molecule has 94 valence electrons. The summed E-state index contributed by atoms with van der Waals surface area (Å²) in [6.45, 7) is 0.0466. The zero-order valence-electron chi connectivity index (χ0n) is 10.4. The molecule has 3 nitrogen and oxygen atoms in total. The van der Waals surface area contributed by atoms with Gasteiger partial charge in [-0.15, -0.1) is 0 Å². The summed E-state index contributed by atoms with van der Waals surface area (Å²) in [4.78, 5) is 0. The van der Waals surface area contributed by atoms with Gasteiger partial charge in [-0.3, -0.25) is 5.10 Å². The molecule has 3 heteroatoms. The molecule has 1 heterocycles. The molecule has 1 unspecified atom stereocenters. The van der Waals surface area contributed by atoms with E-state index in [1.165, 1.54) is 11.0 Å². The fraction of sp³-hybridized carbons (Fsp3) is 0.188. The molecule has 1 atom stereocenters. The summed E-state index contributed by atoms with van der Waals surface area (Å²) in [6.07, 6.45) is 12.0. The lowest BCUT2D eigenvalue weighted by Gasteiger charge is -2.15. The largest absolute Gasteiger partial charge is 0.392 e. The molecule has 0 spiro atoms. The minimum absolute atomic E-state index is 0.0466. The maximum Gasteiger partial charge on any atom is 0.0933 e. The van der Waals surface area contributed by atoms with Gasteiger partial charge in [-0.25, -0.2) is 0 Å². The van der Waals surface area contributed by atoms with Crippen LogP contribution in [0.1, 0.15) is 29.2 Å². The van der Waals surface area contributed by atoms with Crippen LogP contribution in [0.3, 0.4) is 0 Å². The van der Waals surface area contributed by atoms with Crippen LogP contribution in [-0.4, -0.2) is 15.3 Å². The SMILES string of the molecule is OCc1cc2c3c([nH]nc3c1)C1C=CCC=C1C=C2. The summed E-state index contributed by atoms with van der Waals surface area (Å²) in [7, 11) is 0. The van der Waals surface area contributed by atoms with Gasteiger partial charge in [-0.1, -0.05) is 30.4 Å². The van der Waals surface area contributed by atoms with E-state index in [1.54, 1.807) is 0 Å². The third kappa shape index (κ3) is 1.52. The lowest BCUT2D eigenvalue weighted by Crippen LogP contribution is -2.01. The van der Waals surface area contributed by atoms with Gasteiger partial charge in [-0.2, -0.15) is 5.10 Å². The van der Waals surface area contributed by atoms with E-state index in [0.29, 0.717) is 0 Å². The molecule has 2 aliphatic rings. The first-order chi connectivity index (χ1) is 9.36. The van der Waals surface area contributed by atoms with E-state index in [0.717, 1.165) is 28.8 Å². The molecule has 0 amide bonds. The minimum atomic E-state index is 0.0466. The van der Waals surface area contributed by atoms with E-state index >= 15 is 0 Å². The van der Waals surface area contributed by atoms with Crippen LogP contribution in [0.15, 0.2) is 42.0 Å². The van der Waals surface area contributed by atoms with Crippen LogP contribution < -0.4 is 0 Å². The summed E-state index contributed by atoms with van der Waals surface area (Å²) in [5.41, 5.74) is 5.44. The number of aromatic nitrogens is 2. The normalized spacial score (nSPS) is 20.3. The monoisotopic (exact) mass is 250 g/mol. The molecule has 19 heavy (non-hydrogen) atoms. The van der Waals surface area contributed by atoms with E-state index in [-0.39, 0.29) is 12.5 Å². The molecule has 0 saturated heterocycles. The summed E-state index contributed by atoms with van der Waals surface area (Å²) < 4.78 is 0. The average molecular weight is 250 g/mol. The number of aromatic amines is 1. The minimum Gasteiger partial charge on any atom is -0.392 e. The smallest absolute Gasteiger partial charge is 0.0933 e. The lowest BCUT2D eigenvalue weighted by molar-refractivity contribution is 0.282. The van der Waals surface area contributed by atoms with E-state index < -0.39 is 0 Å². The quantitative estimate of drug-likeness (QED) is 0.764. The average Bonchev–Trinajstić information content (AvgIpc) is 2.81. The standard InChI is InChI=1S/C16H14N2O/c19-9-10-7-12-6-5-11-3-1-2-4-13(11)16-15(12)14(8-10)17-18-16/h2-8,13,19H,1,9H2,(H,17,18). The van der Waals surface area contributed by atoms with Gasteiger partial charge in [0.25, 0.3) is 0 Å². The number of rotatable bonds is 1. The molecule has 1 aromatic carbocycles. The third-order valence-corrected chi connectivity index (χ3v) is 3.90. The van der Waals surface area contributed by atoms with Crippen LogP contribution in [0, 0.1) is 0 Å². The lowest BCUT2D eigenvalue weighted by atomic mass is 9.90. The van der Waals surface area contributed by atoms with E-state index in [2.05, 4.69) is 40.6 Å². The molecule has 0 saturated carbocycles. The van der Waals surface area contributed by atoms with Gasteiger partial charge in [0.05, 0.1) is 17.8 Å². The van der Waals surface area contributed by atoms with Crippen LogP contribution in [0.25, 0.3) is 17.0 Å². The van der Waals surface area contributed by atoms with Crippen LogP contribution >= 0.6 is 0 Å². The van der Waals surface area contributed by atoms with E-state index in [4.69, 9.17) is 0 Å². The van der Waals surface area contributed by atoms with Gasteiger partial charge in [0, 0.05) is 11.3 Å². The van der Waals surface area contributed by atoms with Crippen molar-refractivity contribution in [3.8, 4) is 0 Å². The van der Waals surface area contributed by atoms with Crippen molar-refractivity contribution in [2.24, 2.45) is 0 Å². The zero-order valence-corrected chi connectivity index (χ0v) is 10.4. The van der Waals surface area contributed by atoms with Crippen molar-refractivity contribution in [2.75, 3.05) is 0 Å². The second kappa shape index (κ2) is 3.93. The highest BCUT2D eigenvalue weighted by molar-refractivity contribution is 5.93. The van der Waals surface area contributed by atoms with Crippen LogP contribution in [-0.2, 0) is 6.61 Å². The van der Waals surface area contributed by atoms with Gasteiger partial charge in [-0.05, 0) is 35.3 Å². The Morgan fingerprint density at radius 1 is 1.32 bits per heavy atom. The van der Waals surface area contributed by atoms with Gasteiger partial charge in [0.1, 0.15) is 0 Å². The van der Waals surface area contributed by atoms with Crippen molar-refractivity contribution in [1.29, 1.82) is 0 Å². The maximum absolute atomic E-state index is 9.33. The molecular weight excluding hydrogens is 236 g/mol. The van der Waals surface area contributed by atoms with Crippen LogP contribution in [0.5, 0.6) is 0 Å². The van der Waals surface area contributed by atoms with Gasteiger partial charge in [0.2, 0.25) is 0 Å². The molecule has 2 N–H and O–H groups in total. The van der Waals surface area contributed by atoms with E-state index in [9.17, 15) is 5.11 Å². The fourth-order valence-corrected chi connectivity index (χ4v) is 2.99. The first-order valence-corrected chi connectivity index (χ1v) is 6.53. The predicted octanol–water partition coefficient (Wildman–Crippen LogP) is 3.05. The predicted molar refractivity (Wildman–Crippen MR) is 75.6 cm³/mol. The Bertz CT molecular complexity index is 749. The Hall–Kier alpha value is -2.13. The van der Waals surface area contributed by atoms with Gasteiger partial charge < -0.3 is 5.11 Å². The second-order valence-corrected chi connectivity index (χ2v) is 5.05. The molecule has 0 aliphatic heterocycles. The number of benzene rings is 1. The number of nitrogens with zero attached hydrogens (tertiary/aromatic N) is 1. The number of hydrogen-bond acceptors (Lipinski definition) is 2. The zero-order chi connectivity index (χ0) is 12.8. The third-order valence-electron chi connectivity index (χ3n) is 3.90. The van der Waals surface area contributed by atoms with Crippen molar-refractivity contribution < 1.29 is 5.11 Å². The Kier molecular flexibility index (Phi) is 2.23. The summed E-state index contributed by atoms with van der Waals surface area (Å²) >= 11 is 0. The molecule has 0 radical (unpaired) electrons. The number of aliphatic hydroxyl groups is 1. The summed E-state index contributed by atoms with van der Waals surface area (Å²) in [6, 6.07) is 3.99. The Labute approximate surface area is 111 Å².